The summed E-state index contributed by atoms with van der Waals surface area (Å²) in [5, 5.41) is 8.74. The molecule has 0 spiro atoms. The van der Waals surface area contributed by atoms with Gasteiger partial charge in [-0.05, 0) is 43.5 Å². The molecule has 0 amide bonds. The van der Waals surface area contributed by atoms with Crippen LogP contribution in [0.4, 0.5) is 17.3 Å². The number of anilines is 3. The Morgan fingerprint density at radius 1 is 1.00 bits per heavy atom. The van der Waals surface area contributed by atoms with Crippen molar-refractivity contribution in [3.63, 3.8) is 0 Å². The standard InChI is InChI=1S/C21H25ClN6O2S/c22-19-11-12-31(29,30)28(19)18-9-7-16(8-10-18)25-21-23-13-15-14-24-27(20(15)26-21)17-5-3-1-2-4-6-17/h7-10,13-14,17,19H,1-6,11-12H2,(H,23,25,26). The average molecular weight is 461 g/mol. The second-order valence-corrected chi connectivity index (χ2v) is 10.7. The summed E-state index contributed by atoms with van der Waals surface area (Å²) in [5.41, 5.74) is 1.63. The zero-order valence-corrected chi connectivity index (χ0v) is 18.7. The first-order valence-electron chi connectivity index (χ1n) is 10.7. The maximum atomic E-state index is 12.2. The van der Waals surface area contributed by atoms with Gasteiger partial charge in [-0.15, -0.1) is 0 Å². The van der Waals surface area contributed by atoms with Gasteiger partial charge in [0.25, 0.3) is 0 Å². The summed E-state index contributed by atoms with van der Waals surface area (Å²) in [6.07, 6.45) is 11.3. The molecule has 1 aliphatic carbocycles. The van der Waals surface area contributed by atoms with E-state index >= 15 is 0 Å². The molecule has 0 radical (unpaired) electrons. The molecule has 3 heterocycles. The topological polar surface area (TPSA) is 93.0 Å². The molecule has 164 valence electrons. The number of rotatable bonds is 4. The van der Waals surface area contributed by atoms with E-state index in [-0.39, 0.29) is 5.75 Å². The minimum atomic E-state index is -3.35. The molecule has 3 aromatic rings. The lowest BCUT2D eigenvalue weighted by Gasteiger charge is -2.21. The Hall–Kier alpha value is -2.39. The molecule has 1 atom stereocenters. The highest BCUT2D eigenvalue weighted by Crippen LogP contribution is 2.32. The van der Waals surface area contributed by atoms with Gasteiger partial charge in [0.15, 0.2) is 5.65 Å². The molecule has 1 N–H and O–H groups in total. The molecule has 2 aliphatic rings. The monoisotopic (exact) mass is 460 g/mol. The van der Waals surface area contributed by atoms with Crippen molar-refractivity contribution in [3.05, 3.63) is 36.7 Å². The van der Waals surface area contributed by atoms with Crippen molar-refractivity contribution in [2.24, 2.45) is 0 Å². The van der Waals surface area contributed by atoms with Crippen LogP contribution in [0.3, 0.4) is 0 Å². The number of nitrogens with one attached hydrogen (secondary N) is 1. The van der Waals surface area contributed by atoms with Crippen molar-refractivity contribution in [2.75, 3.05) is 15.4 Å². The van der Waals surface area contributed by atoms with Crippen LogP contribution in [-0.4, -0.2) is 39.4 Å². The van der Waals surface area contributed by atoms with E-state index in [1.807, 2.05) is 18.3 Å². The molecule has 1 saturated heterocycles. The van der Waals surface area contributed by atoms with Gasteiger partial charge in [0, 0.05) is 11.9 Å². The highest BCUT2D eigenvalue weighted by molar-refractivity contribution is 7.93. The molecule has 1 aromatic carbocycles. The molecule has 2 aromatic heterocycles. The van der Waals surface area contributed by atoms with Gasteiger partial charge >= 0.3 is 0 Å². The van der Waals surface area contributed by atoms with Crippen LogP contribution in [0.15, 0.2) is 36.7 Å². The van der Waals surface area contributed by atoms with Crippen LogP contribution in [-0.2, 0) is 10.0 Å². The van der Waals surface area contributed by atoms with Crippen LogP contribution in [0.25, 0.3) is 11.0 Å². The van der Waals surface area contributed by atoms with E-state index in [0.29, 0.717) is 24.1 Å². The van der Waals surface area contributed by atoms with E-state index < -0.39 is 15.5 Å². The third-order valence-electron chi connectivity index (χ3n) is 6.05. The van der Waals surface area contributed by atoms with Crippen LogP contribution >= 0.6 is 11.6 Å². The zero-order valence-electron chi connectivity index (χ0n) is 17.1. The SMILES string of the molecule is O=S1(=O)CCC(Cl)N1c1ccc(Nc2ncc3cnn(C4CCCCCC4)c3n2)cc1. The Kier molecular flexibility index (Phi) is 5.47. The molecular formula is C21H25ClN6O2S. The second-order valence-electron chi connectivity index (χ2n) is 8.21. The maximum absolute atomic E-state index is 12.2. The molecule has 10 heteroatoms. The molecule has 1 saturated carbocycles. The summed E-state index contributed by atoms with van der Waals surface area (Å²) in [6, 6.07) is 7.49. The normalized spacial score (nSPS) is 22.0. The van der Waals surface area contributed by atoms with E-state index in [1.165, 1.54) is 30.0 Å². The fourth-order valence-electron chi connectivity index (χ4n) is 4.44. The third-order valence-corrected chi connectivity index (χ3v) is 8.40. The summed E-state index contributed by atoms with van der Waals surface area (Å²) in [7, 11) is -3.35. The molecule has 2 fully saturated rings. The lowest BCUT2D eigenvalue weighted by molar-refractivity contribution is 0.415. The second kappa shape index (κ2) is 8.27. The minimum absolute atomic E-state index is 0.0731. The lowest BCUT2D eigenvalue weighted by Crippen LogP contribution is -2.29. The molecule has 8 nitrogen and oxygen atoms in total. The van der Waals surface area contributed by atoms with Gasteiger partial charge in [-0.25, -0.2) is 18.1 Å². The summed E-state index contributed by atoms with van der Waals surface area (Å²) < 4.78 is 27.8. The van der Waals surface area contributed by atoms with Crippen molar-refractivity contribution < 1.29 is 8.42 Å². The number of hydrogen-bond acceptors (Lipinski definition) is 6. The molecule has 1 unspecified atom stereocenters. The van der Waals surface area contributed by atoms with Crippen LogP contribution in [0.2, 0.25) is 0 Å². The maximum Gasteiger partial charge on any atom is 0.236 e. The fraction of sp³-hybridized carbons (Fsp3) is 0.476. The van der Waals surface area contributed by atoms with Gasteiger partial charge in [-0.1, -0.05) is 37.3 Å². The summed E-state index contributed by atoms with van der Waals surface area (Å²) in [4.78, 5) is 9.13. The predicted octanol–water partition coefficient (Wildman–Crippen LogP) is 4.57. The first-order valence-corrected chi connectivity index (χ1v) is 12.8. The van der Waals surface area contributed by atoms with E-state index in [9.17, 15) is 8.42 Å². The molecule has 1 aliphatic heterocycles. The van der Waals surface area contributed by atoms with Gasteiger partial charge < -0.3 is 5.32 Å². The smallest absolute Gasteiger partial charge is 0.236 e. The zero-order chi connectivity index (χ0) is 21.4. The Balaban J connectivity index is 1.37. The van der Waals surface area contributed by atoms with E-state index in [0.717, 1.165) is 29.6 Å². The Morgan fingerprint density at radius 2 is 1.74 bits per heavy atom. The van der Waals surface area contributed by atoms with E-state index in [4.69, 9.17) is 16.6 Å². The van der Waals surface area contributed by atoms with Gasteiger partial charge in [-0.2, -0.15) is 10.1 Å². The van der Waals surface area contributed by atoms with Crippen molar-refractivity contribution in [3.8, 4) is 0 Å². The Bertz CT molecular complexity index is 1170. The fourth-order valence-corrected chi connectivity index (χ4v) is 6.77. The number of halogens is 1. The van der Waals surface area contributed by atoms with Crippen molar-refractivity contribution in [1.82, 2.24) is 19.7 Å². The predicted molar refractivity (Wildman–Crippen MR) is 122 cm³/mol. The first-order chi connectivity index (χ1) is 15.0. The Labute approximate surface area is 186 Å². The van der Waals surface area contributed by atoms with Crippen LogP contribution in [0, 0.1) is 0 Å². The molecular weight excluding hydrogens is 436 g/mol. The molecule has 0 bridgehead atoms. The molecule has 31 heavy (non-hydrogen) atoms. The third kappa shape index (κ3) is 4.08. The van der Waals surface area contributed by atoms with Crippen molar-refractivity contribution in [2.45, 2.75) is 56.5 Å². The van der Waals surface area contributed by atoms with Crippen LogP contribution < -0.4 is 9.62 Å². The van der Waals surface area contributed by atoms with Gasteiger partial charge in [0.2, 0.25) is 16.0 Å². The number of nitrogens with zero attached hydrogens (tertiary/aromatic N) is 5. The van der Waals surface area contributed by atoms with Crippen LogP contribution in [0.1, 0.15) is 51.0 Å². The summed E-state index contributed by atoms with van der Waals surface area (Å²) in [5.74, 6) is 0.559. The number of sulfonamides is 1. The first kappa shape index (κ1) is 20.5. The van der Waals surface area contributed by atoms with E-state index in [1.54, 1.807) is 18.3 Å². The number of alkyl halides is 1. The largest absolute Gasteiger partial charge is 0.324 e. The highest BCUT2D eigenvalue weighted by atomic mass is 35.5. The lowest BCUT2D eigenvalue weighted by atomic mass is 10.1. The highest BCUT2D eigenvalue weighted by Gasteiger charge is 2.36. The number of hydrogen-bond donors (Lipinski definition) is 1. The number of benzene rings is 1. The van der Waals surface area contributed by atoms with Gasteiger partial charge in [0.05, 0.1) is 29.1 Å². The van der Waals surface area contributed by atoms with Gasteiger partial charge in [0.1, 0.15) is 5.50 Å². The summed E-state index contributed by atoms with van der Waals surface area (Å²) in [6.45, 7) is 0. The van der Waals surface area contributed by atoms with Crippen molar-refractivity contribution in [1.29, 1.82) is 0 Å². The number of fused-ring (bicyclic) bond motifs is 1. The quantitative estimate of drug-likeness (QED) is 0.348. The summed E-state index contributed by atoms with van der Waals surface area (Å²) >= 11 is 6.20. The number of aromatic nitrogens is 4. The minimum Gasteiger partial charge on any atom is -0.324 e. The average Bonchev–Trinajstić information content (AvgIpc) is 3.15. The van der Waals surface area contributed by atoms with Gasteiger partial charge in [-0.3, -0.25) is 4.31 Å². The Morgan fingerprint density at radius 3 is 2.42 bits per heavy atom. The van der Waals surface area contributed by atoms with Crippen LogP contribution in [0.5, 0.6) is 0 Å². The van der Waals surface area contributed by atoms with E-state index in [2.05, 4.69) is 20.1 Å². The molecule has 5 rings (SSSR count). The van der Waals surface area contributed by atoms with Crippen molar-refractivity contribution >= 4 is 50.0 Å².